The Balaban J connectivity index is 2.81. The Hall–Kier alpha value is -2.62. The van der Waals surface area contributed by atoms with Crippen LogP contribution in [-0.4, -0.2) is 30.0 Å². The molecule has 1 heterocycles. The number of rotatable bonds is 9. The number of hydrogen-bond acceptors (Lipinski definition) is 5. The van der Waals surface area contributed by atoms with E-state index in [2.05, 4.69) is 11.8 Å². The van der Waals surface area contributed by atoms with E-state index in [-0.39, 0.29) is 22.8 Å². The molecule has 0 spiro atoms. The Bertz CT molecular complexity index is 1010. The lowest BCUT2D eigenvalue weighted by molar-refractivity contribution is -0.117. The van der Waals surface area contributed by atoms with Crippen LogP contribution in [0.25, 0.3) is 0 Å². The topological polar surface area (TPSA) is 66.8 Å². The molecule has 2 aromatic rings. The van der Waals surface area contributed by atoms with Crippen LogP contribution >= 0.6 is 11.3 Å². The van der Waals surface area contributed by atoms with Gasteiger partial charge in [0.2, 0.25) is 0 Å². The lowest BCUT2D eigenvalue weighted by Gasteiger charge is -2.46. The van der Waals surface area contributed by atoms with Crippen LogP contribution in [0, 0.1) is 24.2 Å². The maximum absolute atomic E-state index is 12.2. The Morgan fingerprint density at radius 1 is 1.25 bits per heavy atom. The Kier molecular flexibility index (Phi) is 8.28. The van der Waals surface area contributed by atoms with Gasteiger partial charge in [-0.1, -0.05) is 41.7 Å². The molecule has 0 aliphatic heterocycles. The number of aryl methyl sites for hydroxylation is 1. The second-order valence-corrected chi connectivity index (χ2v) is 10.1. The van der Waals surface area contributed by atoms with E-state index in [4.69, 9.17) is 4.74 Å². The molecule has 1 aromatic carbocycles. The highest BCUT2D eigenvalue weighted by atomic mass is 32.1. The minimum Gasteiger partial charge on any atom is -0.477 e. The van der Waals surface area contributed by atoms with Crippen LogP contribution in [0.3, 0.4) is 0 Å². The number of carboxylic acid groups (broad SMARTS) is 1. The molecule has 5 nitrogen and oxygen atoms in total. The van der Waals surface area contributed by atoms with Crippen molar-refractivity contribution in [3.05, 3.63) is 51.2 Å². The molecule has 0 aliphatic rings. The largest absolute Gasteiger partial charge is 0.477 e. The number of aromatic carboxylic acids is 1. The lowest BCUT2D eigenvalue weighted by atomic mass is 9.94. The molecule has 32 heavy (non-hydrogen) atoms. The number of ether oxygens (including phenoxy) is 1. The average molecular weight is 456 g/mol. The summed E-state index contributed by atoms with van der Waals surface area (Å²) < 4.78 is 6.30. The molecule has 6 heteroatoms. The van der Waals surface area contributed by atoms with Crippen molar-refractivity contribution in [1.29, 1.82) is 0 Å². The molecule has 1 aromatic heterocycles. The van der Waals surface area contributed by atoms with Gasteiger partial charge in [0.25, 0.3) is 0 Å². The summed E-state index contributed by atoms with van der Waals surface area (Å²) in [4.78, 5) is 26.9. The molecule has 1 atom stereocenters. The van der Waals surface area contributed by atoms with Gasteiger partial charge in [-0.3, -0.25) is 0 Å². The predicted octanol–water partition coefficient (Wildman–Crippen LogP) is 5.85. The van der Waals surface area contributed by atoms with Crippen molar-refractivity contribution >= 4 is 29.3 Å². The Morgan fingerprint density at radius 3 is 2.34 bits per heavy atom. The molecule has 0 fully saturated rings. The van der Waals surface area contributed by atoms with Crippen LogP contribution in [0.4, 0.5) is 5.69 Å². The zero-order valence-corrected chi connectivity index (χ0v) is 20.8. The van der Waals surface area contributed by atoms with Gasteiger partial charge in [-0.25, -0.2) is 4.79 Å². The van der Waals surface area contributed by atoms with Crippen molar-refractivity contribution in [3.8, 4) is 11.8 Å². The number of carbonyl (C=O) groups excluding carboxylic acids is 1. The first-order valence-corrected chi connectivity index (χ1v) is 11.6. The molecule has 0 saturated heterocycles. The SMILES string of the molecule is CCOC(CC=O)(c1ccc(C)cc1)N(c1cc(C#CC(C)(C)C)sc1C(=O)O)C(C)C. The quantitative estimate of drug-likeness (QED) is 0.292. The monoisotopic (exact) mass is 455 g/mol. The van der Waals surface area contributed by atoms with E-state index in [1.807, 2.05) is 77.6 Å². The van der Waals surface area contributed by atoms with E-state index in [1.54, 1.807) is 6.07 Å². The highest BCUT2D eigenvalue weighted by Gasteiger charge is 2.43. The van der Waals surface area contributed by atoms with E-state index in [1.165, 1.54) is 0 Å². The Morgan fingerprint density at radius 2 is 1.88 bits per heavy atom. The molecule has 0 saturated carbocycles. The molecule has 0 amide bonds. The van der Waals surface area contributed by atoms with Gasteiger partial charge in [-0.2, -0.15) is 0 Å². The summed E-state index contributed by atoms with van der Waals surface area (Å²) in [5.41, 5.74) is 1.04. The first-order chi connectivity index (χ1) is 14.9. The number of anilines is 1. The fraction of sp³-hybridized carbons (Fsp3) is 0.462. The Labute approximate surface area is 195 Å². The highest BCUT2D eigenvalue weighted by molar-refractivity contribution is 7.15. The van der Waals surface area contributed by atoms with Gasteiger partial charge in [0.15, 0.2) is 5.72 Å². The van der Waals surface area contributed by atoms with Crippen LogP contribution in [0.2, 0.25) is 0 Å². The minimum absolute atomic E-state index is 0.0555. The smallest absolute Gasteiger partial charge is 0.348 e. The molecule has 0 radical (unpaired) electrons. The number of nitrogens with zero attached hydrogens (tertiary/aromatic N) is 1. The van der Waals surface area contributed by atoms with Crippen LogP contribution in [0.5, 0.6) is 0 Å². The van der Waals surface area contributed by atoms with Gasteiger partial charge < -0.3 is 19.5 Å². The maximum Gasteiger partial charge on any atom is 0.348 e. The van der Waals surface area contributed by atoms with Gasteiger partial charge in [0.05, 0.1) is 17.0 Å². The van der Waals surface area contributed by atoms with Gasteiger partial charge in [0, 0.05) is 23.6 Å². The second kappa shape index (κ2) is 10.3. The summed E-state index contributed by atoms with van der Waals surface area (Å²) in [6.07, 6.45) is 0.887. The van der Waals surface area contributed by atoms with Crippen LogP contribution in [0.1, 0.15) is 73.6 Å². The molecular formula is C26H33NO4S. The molecular weight excluding hydrogens is 422 g/mol. The van der Waals surface area contributed by atoms with Gasteiger partial charge >= 0.3 is 5.97 Å². The van der Waals surface area contributed by atoms with E-state index in [9.17, 15) is 14.7 Å². The van der Waals surface area contributed by atoms with Gasteiger partial charge in [-0.15, -0.1) is 11.3 Å². The molecule has 2 rings (SSSR count). The summed E-state index contributed by atoms with van der Waals surface area (Å²) in [6.45, 7) is 14.2. The normalized spacial score (nSPS) is 13.2. The molecule has 0 aliphatic carbocycles. The highest BCUT2D eigenvalue weighted by Crippen LogP contribution is 2.43. The van der Waals surface area contributed by atoms with Crippen molar-refractivity contribution in [3.63, 3.8) is 0 Å². The number of carbonyl (C=O) groups is 2. The number of hydrogen-bond donors (Lipinski definition) is 1. The second-order valence-electron chi connectivity index (χ2n) is 9.05. The number of benzene rings is 1. The summed E-state index contributed by atoms with van der Waals surface area (Å²) in [7, 11) is 0. The zero-order valence-electron chi connectivity index (χ0n) is 20.0. The third-order valence-electron chi connectivity index (χ3n) is 4.88. The number of thiophene rings is 1. The van der Waals surface area contributed by atoms with E-state index in [0.717, 1.165) is 28.7 Å². The van der Waals surface area contributed by atoms with E-state index >= 15 is 0 Å². The summed E-state index contributed by atoms with van der Waals surface area (Å²) in [5, 5.41) is 10.00. The molecule has 0 bridgehead atoms. The van der Waals surface area contributed by atoms with Gasteiger partial charge in [-0.05, 0) is 54.5 Å². The third-order valence-corrected chi connectivity index (χ3v) is 5.91. The summed E-state index contributed by atoms with van der Waals surface area (Å²) >= 11 is 1.15. The van der Waals surface area contributed by atoms with Crippen LogP contribution < -0.4 is 4.90 Å². The molecule has 1 N–H and O–H groups in total. The van der Waals surface area contributed by atoms with Crippen LogP contribution in [0.15, 0.2) is 30.3 Å². The van der Waals surface area contributed by atoms with Gasteiger partial charge in [0.1, 0.15) is 11.2 Å². The van der Waals surface area contributed by atoms with Crippen molar-refractivity contribution in [2.24, 2.45) is 5.41 Å². The van der Waals surface area contributed by atoms with Crippen molar-refractivity contribution < 1.29 is 19.4 Å². The predicted molar refractivity (Wildman–Crippen MR) is 130 cm³/mol. The molecule has 1 unspecified atom stereocenters. The first kappa shape index (κ1) is 25.6. The molecule has 172 valence electrons. The third kappa shape index (κ3) is 5.79. The average Bonchev–Trinajstić information content (AvgIpc) is 3.10. The van der Waals surface area contributed by atoms with E-state index in [0.29, 0.717) is 17.2 Å². The first-order valence-electron chi connectivity index (χ1n) is 10.8. The van der Waals surface area contributed by atoms with Crippen molar-refractivity contribution in [1.82, 2.24) is 0 Å². The minimum atomic E-state index is -1.14. The standard InChI is InChI=1S/C26H33NO4S/c1-8-31-26(15-16-28,20-11-9-19(4)10-12-20)27(18(2)3)22-17-21(13-14-25(5,6)7)32-23(22)24(29)30/h9-12,16-18H,8,15H2,1-7H3,(H,29,30). The lowest BCUT2D eigenvalue weighted by Crippen LogP contribution is -2.52. The fourth-order valence-corrected chi connectivity index (χ4v) is 4.49. The maximum atomic E-state index is 12.2. The zero-order chi connectivity index (χ0) is 24.1. The van der Waals surface area contributed by atoms with Crippen molar-refractivity contribution in [2.45, 2.75) is 66.7 Å². The summed E-state index contributed by atoms with van der Waals surface area (Å²) in [6, 6.07) is 9.48. The van der Waals surface area contributed by atoms with E-state index < -0.39 is 11.7 Å². The van der Waals surface area contributed by atoms with Crippen molar-refractivity contribution in [2.75, 3.05) is 11.5 Å². The number of aldehydes is 1. The summed E-state index contributed by atoms with van der Waals surface area (Å²) in [5.74, 6) is 5.27. The van der Waals surface area contributed by atoms with Crippen LogP contribution in [-0.2, 0) is 15.3 Å². The number of carboxylic acids is 1. The fourth-order valence-electron chi connectivity index (χ4n) is 3.65.